The maximum Gasteiger partial charge on any atom is 0.191 e. The predicted molar refractivity (Wildman–Crippen MR) is 66.0 cm³/mol. The van der Waals surface area contributed by atoms with Gasteiger partial charge in [0.05, 0.1) is 6.54 Å². The van der Waals surface area contributed by atoms with Crippen LogP contribution in [-0.4, -0.2) is 31.0 Å². The minimum Gasteiger partial charge on any atom is -0.370 e. The Labute approximate surface area is 98.1 Å². The molecule has 1 aliphatic rings. The van der Waals surface area contributed by atoms with E-state index in [4.69, 9.17) is 5.73 Å². The summed E-state index contributed by atoms with van der Waals surface area (Å²) in [6, 6.07) is 8.41. The van der Waals surface area contributed by atoms with Crippen LogP contribution in [0.4, 0.5) is 0 Å². The molecule has 3 nitrogen and oxygen atoms in total. The van der Waals surface area contributed by atoms with Gasteiger partial charge in [-0.15, -0.1) is 0 Å². The van der Waals surface area contributed by atoms with Gasteiger partial charge in [-0.1, -0.05) is 28.1 Å². The molecule has 4 heteroatoms. The van der Waals surface area contributed by atoms with E-state index in [1.54, 1.807) is 0 Å². The van der Waals surface area contributed by atoms with E-state index >= 15 is 0 Å². The summed E-state index contributed by atoms with van der Waals surface area (Å²) >= 11 is 3.43. The number of nitrogens with zero attached hydrogens (tertiary/aromatic N) is 2. The summed E-state index contributed by atoms with van der Waals surface area (Å²) in [4.78, 5) is 6.30. The number of rotatable bonds is 1. The summed E-state index contributed by atoms with van der Waals surface area (Å²) in [7, 11) is 1.98. The molecule has 2 rings (SSSR count). The third kappa shape index (κ3) is 2.31. The van der Waals surface area contributed by atoms with Gasteiger partial charge < -0.3 is 10.6 Å². The third-order valence-electron chi connectivity index (χ3n) is 2.70. The van der Waals surface area contributed by atoms with Crippen LogP contribution in [0.1, 0.15) is 11.5 Å². The van der Waals surface area contributed by atoms with Crippen LogP contribution < -0.4 is 5.73 Å². The van der Waals surface area contributed by atoms with Gasteiger partial charge >= 0.3 is 0 Å². The van der Waals surface area contributed by atoms with Crippen molar-refractivity contribution >= 4 is 21.9 Å². The number of aliphatic imine (C=N–C) groups is 1. The van der Waals surface area contributed by atoms with Crippen LogP contribution in [-0.2, 0) is 0 Å². The molecule has 0 amide bonds. The Morgan fingerprint density at radius 1 is 1.40 bits per heavy atom. The lowest BCUT2D eigenvalue weighted by molar-refractivity contribution is 0.422. The highest BCUT2D eigenvalue weighted by molar-refractivity contribution is 9.10. The van der Waals surface area contributed by atoms with E-state index in [-0.39, 0.29) is 0 Å². The normalized spacial score (nSPS) is 21.3. The molecule has 1 aliphatic heterocycles. The van der Waals surface area contributed by atoms with Crippen molar-refractivity contribution in [2.45, 2.75) is 5.92 Å². The van der Waals surface area contributed by atoms with E-state index in [1.807, 2.05) is 11.9 Å². The highest BCUT2D eigenvalue weighted by atomic mass is 79.9. The topological polar surface area (TPSA) is 41.6 Å². The molecule has 0 fully saturated rings. The van der Waals surface area contributed by atoms with Crippen LogP contribution in [0.5, 0.6) is 0 Å². The van der Waals surface area contributed by atoms with Crippen LogP contribution >= 0.6 is 15.9 Å². The van der Waals surface area contributed by atoms with Crippen molar-refractivity contribution < 1.29 is 0 Å². The van der Waals surface area contributed by atoms with E-state index in [2.05, 4.69) is 45.2 Å². The second-order valence-corrected chi connectivity index (χ2v) is 4.74. The van der Waals surface area contributed by atoms with Crippen molar-refractivity contribution in [1.29, 1.82) is 0 Å². The average Bonchev–Trinajstić information content (AvgIpc) is 2.23. The van der Waals surface area contributed by atoms with E-state index < -0.39 is 0 Å². The van der Waals surface area contributed by atoms with E-state index in [0.29, 0.717) is 11.9 Å². The van der Waals surface area contributed by atoms with Crippen molar-refractivity contribution in [3.63, 3.8) is 0 Å². The lowest BCUT2D eigenvalue weighted by atomic mass is 9.98. The minimum atomic E-state index is 0.454. The SMILES string of the molecule is CN1CC(c2ccc(Br)cc2)CN=C1N. The van der Waals surface area contributed by atoms with Gasteiger partial charge in [0.25, 0.3) is 0 Å². The predicted octanol–water partition coefficient (Wildman–Crippen LogP) is 1.79. The Morgan fingerprint density at radius 3 is 2.67 bits per heavy atom. The van der Waals surface area contributed by atoms with E-state index in [1.165, 1.54) is 5.56 Å². The van der Waals surface area contributed by atoms with Gasteiger partial charge in [-0.2, -0.15) is 0 Å². The maximum atomic E-state index is 5.71. The van der Waals surface area contributed by atoms with Gasteiger partial charge in [0.2, 0.25) is 0 Å². The Kier molecular flexibility index (Phi) is 2.95. The molecule has 0 saturated heterocycles. The zero-order valence-electron chi connectivity index (χ0n) is 8.65. The lowest BCUT2D eigenvalue weighted by Gasteiger charge is -2.28. The molecule has 2 N–H and O–H groups in total. The molecule has 80 valence electrons. The third-order valence-corrected chi connectivity index (χ3v) is 3.23. The maximum absolute atomic E-state index is 5.71. The second kappa shape index (κ2) is 4.23. The molecule has 1 unspecified atom stereocenters. The fourth-order valence-electron chi connectivity index (χ4n) is 1.75. The average molecular weight is 268 g/mol. The first kappa shape index (κ1) is 10.5. The van der Waals surface area contributed by atoms with Gasteiger partial charge in [-0.25, -0.2) is 0 Å². The molecule has 0 spiro atoms. The highest BCUT2D eigenvalue weighted by Crippen LogP contribution is 2.22. The first-order chi connectivity index (χ1) is 7.16. The van der Waals surface area contributed by atoms with Crippen molar-refractivity contribution in [3.8, 4) is 0 Å². The molecule has 1 aromatic rings. The Bertz CT molecular complexity index is 372. The molecule has 0 aromatic heterocycles. The second-order valence-electron chi connectivity index (χ2n) is 3.83. The molecule has 1 heterocycles. The van der Waals surface area contributed by atoms with Crippen molar-refractivity contribution in [2.24, 2.45) is 10.7 Å². The summed E-state index contributed by atoms with van der Waals surface area (Å²) in [5.41, 5.74) is 7.03. The Morgan fingerprint density at radius 2 is 2.07 bits per heavy atom. The Hall–Kier alpha value is -1.03. The molecule has 0 saturated carbocycles. The number of hydrogen-bond donors (Lipinski definition) is 1. The fourth-order valence-corrected chi connectivity index (χ4v) is 2.02. The number of halogens is 1. The van der Waals surface area contributed by atoms with E-state index in [9.17, 15) is 0 Å². The molecule has 0 aliphatic carbocycles. The van der Waals surface area contributed by atoms with Crippen LogP contribution in [0.25, 0.3) is 0 Å². The monoisotopic (exact) mass is 267 g/mol. The summed E-state index contributed by atoms with van der Waals surface area (Å²) in [6.45, 7) is 1.73. The van der Waals surface area contributed by atoms with Crippen LogP contribution in [0.15, 0.2) is 33.7 Å². The number of benzene rings is 1. The molecule has 15 heavy (non-hydrogen) atoms. The molecular weight excluding hydrogens is 254 g/mol. The van der Waals surface area contributed by atoms with E-state index in [0.717, 1.165) is 17.6 Å². The summed E-state index contributed by atoms with van der Waals surface area (Å²) in [5.74, 6) is 1.10. The first-order valence-corrected chi connectivity index (χ1v) is 5.72. The largest absolute Gasteiger partial charge is 0.370 e. The van der Waals surface area contributed by atoms with Gasteiger partial charge in [-0.05, 0) is 17.7 Å². The number of likely N-dealkylation sites (N-methyl/N-ethyl adjacent to an activating group) is 1. The Balaban J connectivity index is 2.16. The zero-order valence-corrected chi connectivity index (χ0v) is 10.2. The minimum absolute atomic E-state index is 0.454. The van der Waals surface area contributed by atoms with Crippen molar-refractivity contribution in [1.82, 2.24) is 4.90 Å². The molecule has 1 atom stereocenters. The molecular formula is C11H14BrN3. The number of hydrogen-bond acceptors (Lipinski definition) is 3. The smallest absolute Gasteiger partial charge is 0.191 e. The van der Waals surface area contributed by atoms with Gasteiger partial charge in [0.15, 0.2) is 5.96 Å². The van der Waals surface area contributed by atoms with Gasteiger partial charge in [-0.3, -0.25) is 4.99 Å². The van der Waals surface area contributed by atoms with Crippen LogP contribution in [0.2, 0.25) is 0 Å². The van der Waals surface area contributed by atoms with Crippen molar-refractivity contribution in [2.75, 3.05) is 20.1 Å². The zero-order chi connectivity index (χ0) is 10.8. The molecule has 1 aromatic carbocycles. The van der Waals surface area contributed by atoms with Crippen LogP contribution in [0, 0.1) is 0 Å². The first-order valence-electron chi connectivity index (χ1n) is 4.93. The van der Waals surface area contributed by atoms with Gasteiger partial charge in [0.1, 0.15) is 0 Å². The van der Waals surface area contributed by atoms with Gasteiger partial charge in [0, 0.05) is 24.0 Å². The number of nitrogens with two attached hydrogens (primary N) is 1. The molecule has 0 bridgehead atoms. The summed E-state index contributed by atoms with van der Waals surface area (Å²) < 4.78 is 1.11. The molecule has 0 radical (unpaired) electrons. The van der Waals surface area contributed by atoms with Crippen LogP contribution in [0.3, 0.4) is 0 Å². The summed E-state index contributed by atoms with van der Waals surface area (Å²) in [5, 5.41) is 0. The lowest BCUT2D eigenvalue weighted by Crippen LogP contribution is -2.41. The summed E-state index contributed by atoms with van der Waals surface area (Å²) in [6.07, 6.45) is 0. The quantitative estimate of drug-likeness (QED) is 0.843. The van der Waals surface area contributed by atoms with Crippen molar-refractivity contribution in [3.05, 3.63) is 34.3 Å². The highest BCUT2D eigenvalue weighted by Gasteiger charge is 2.19. The standard InChI is InChI=1S/C11H14BrN3/c1-15-7-9(6-14-11(15)13)8-2-4-10(12)5-3-8/h2-5,9H,6-7H2,1H3,(H2,13,14). The fraction of sp³-hybridized carbons (Fsp3) is 0.364. The number of guanidine groups is 1.